The highest BCUT2D eigenvalue weighted by Gasteiger charge is 2.33. The van der Waals surface area contributed by atoms with Crippen molar-refractivity contribution in [2.75, 3.05) is 18.1 Å². The van der Waals surface area contributed by atoms with Gasteiger partial charge in [-0.1, -0.05) is 38.3 Å². The van der Waals surface area contributed by atoms with Gasteiger partial charge in [0.1, 0.15) is 4.88 Å². The van der Waals surface area contributed by atoms with Crippen LogP contribution in [0.3, 0.4) is 0 Å². The van der Waals surface area contributed by atoms with Crippen molar-refractivity contribution >= 4 is 34.6 Å². The van der Waals surface area contributed by atoms with Crippen LogP contribution >= 0.6 is 22.9 Å². The fraction of sp³-hybridized carbons (Fsp3) is 0.522. The average Bonchev–Trinajstić information content (AvgIpc) is 3.36. The van der Waals surface area contributed by atoms with E-state index in [1.54, 1.807) is 12.1 Å². The first-order valence-corrected chi connectivity index (χ1v) is 11.8. The van der Waals surface area contributed by atoms with Crippen LogP contribution in [0.5, 0.6) is 0 Å². The molecular formula is C23H30ClNO4S. The van der Waals surface area contributed by atoms with Crippen molar-refractivity contribution < 1.29 is 19.7 Å². The first-order valence-electron chi connectivity index (χ1n) is 10.6. The summed E-state index contributed by atoms with van der Waals surface area (Å²) in [5.74, 6) is -0.909. The number of anilines is 1. The zero-order chi connectivity index (χ0) is 21.5. The normalized spacial score (nSPS) is 19.9. The minimum absolute atomic E-state index is 0.00206. The molecule has 1 saturated heterocycles. The van der Waals surface area contributed by atoms with Crippen LogP contribution in [-0.4, -0.2) is 40.8 Å². The predicted octanol–water partition coefficient (Wildman–Crippen LogP) is 5.46. The maximum absolute atomic E-state index is 11.0. The van der Waals surface area contributed by atoms with Crippen molar-refractivity contribution in [3.63, 3.8) is 0 Å². The van der Waals surface area contributed by atoms with Crippen molar-refractivity contribution in [2.24, 2.45) is 0 Å². The number of ether oxygens (including phenoxy) is 1. The minimum atomic E-state index is -0.909. The number of halogens is 1. The molecule has 1 aliphatic rings. The molecule has 0 aliphatic carbocycles. The van der Waals surface area contributed by atoms with Gasteiger partial charge in [0.15, 0.2) is 0 Å². The maximum Gasteiger partial charge on any atom is 0.345 e. The number of aliphatic hydroxyl groups is 1. The first kappa shape index (κ1) is 23.1. The van der Waals surface area contributed by atoms with Crippen LogP contribution in [0.15, 0.2) is 36.4 Å². The molecule has 0 amide bonds. The summed E-state index contributed by atoms with van der Waals surface area (Å²) in [6, 6.07) is 11.6. The van der Waals surface area contributed by atoms with Crippen molar-refractivity contribution in [1.29, 1.82) is 0 Å². The van der Waals surface area contributed by atoms with E-state index >= 15 is 0 Å². The fourth-order valence-electron chi connectivity index (χ4n) is 3.82. The van der Waals surface area contributed by atoms with Crippen LogP contribution in [0.4, 0.5) is 5.69 Å². The van der Waals surface area contributed by atoms with E-state index in [0.29, 0.717) is 18.1 Å². The van der Waals surface area contributed by atoms with Gasteiger partial charge in [0.05, 0.1) is 30.7 Å². The molecule has 3 rings (SSSR count). The molecule has 1 fully saturated rings. The molecule has 1 aliphatic heterocycles. The van der Waals surface area contributed by atoms with E-state index in [1.807, 2.05) is 12.1 Å². The summed E-state index contributed by atoms with van der Waals surface area (Å²) in [4.78, 5) is 14.5. The Morgan fingerprint density at radius 1 is 1.27 bits per heavy atom. The third kappa shape index (κ3) is 5.97. The van der Waals surface area contributed by atoms with E-state index in [-0.39, 0.29) is 11.4 Å². The summed E-state index contributed by atoms with van der Waals surface area (Å²) in [6.45, 7) is 3.89. The Kier molecular flexibility index (Phi) is 8.57. The molecule has 1 aromatic carbocycles. The Hall–Kier alpha value is -1.60. The number of aliphatic hydroxyl groups excluding tert-OH is 1. The Balaban J connectivity index is 1.55. The summed E-state index contributed by atoms with van der Waals surface area (Å²) in [5.41, 5.74) is 2.04. The standard InChI is InChI=1S/C23H30ClNO4S/c1-2-3-4-5-21(26)16-6-8-17(9-7-16)25-13-12-19(24)20(25)15-29-14-18-10-11-22(30-18)23(27)28/h6-11,19-21,26H,2-5,12-15H2,1H3,(H,27,28)/t19-,20+,21?/m1/s1. The molecule has 3 atom stereocenters. The van der Waals surface area contributed by atoms with Gasteiger partial charge in [0, 0.05) is 17.1 Å². The molecule has 0 saturated carbocycles. The van der Waals surface area contributed by atoms with E-state index in [2.05, 4.69) is 24.0 Å². The third-order valence-electron chi connectivity index (χ3n) is 5.56. The molecular weight excluding hydrogens is 422 g/mol. The number of alkyl halides is 1. The number of carbonyl (C=O) groups is 1. The molecule has 1 aromatic heterocycles. The van der Waals surface area contributed by atoms with Gasteiger partial charge in [-0.25, -0.2) is 4.79 Å². The summed E-state index contributed by atoms with van der Waals surface area (Å²) < 4.78 is 5.89. The highest BCUT2D eigenvalue weighted by atomic mass is 35.5. The Labute approximate surface area is 187 Å². The molecule has 7 heteroatoms. The lowest BCUT2D eigenvalue weighted by Gasteiger charge is -2.28. The Morgan fingerprint density at radius 3 is 2.70 bits per heavy atom. The number of hydrogen-bond donors (Lipinski definition) is 2. The van der Waals surface area contributed by atoms with Gasteiger partial charge in [-0.2, -0.15) is 0 Å². The van der Waals surface area contributed by atoms with Crippen LogP contribution in [0, 0.1) is 0 Å². The lowest BCUT2D eigenvalue weighted by Crippen LogP contribution is -2.37. The highest BCUT2D eigenvalue weighted by Crippen LogP contribution is 2.31. The lowest BCUT2D eigenvalue weighted by atomic mass is 10.0. The minimum Gasteiger partial charge on any atom is -0.477 e. The number of aromatic carboxylic acids is 1. The predicted molar refractivity (Wildman–Crippen MR) is 122 cm³/mol. The third-order valence-corrected chi connectivity index (χ3v) is 7.12. The second-order valence-corrected chi connectivity index (χ2v) is 9.48. The molecule has 2 N–H and O–H groups in total. The molecule has 1 unspecified atom stereocenters. The maximum atomic E-state index is 11.0. The number of benzene rings is 1. The molecule has 164 valence electrons. The number of carboxylic acids is 1. The largest absolute Gasteiger partial charge is 0.477 e. The SMILES string of the molecule is CCCCCC(O)c1ccc(N2CC[C@@H](Cl)[C@@H]2COCc2ccc(C(=O)O)s2)cc1. The van der Waals surface area contributed by atoms with Crippen molar-refractivity contribution in [3.8, 4) is 0 Å². The first-order chi connectivity index (χ1) is 14.5. The molecule has 0 bridgehead atoms. The quantitative estimate of drug-likeness (QED) is 0.350. The number of carboxylic acid groups (broad SMARTS) is 1. The zero-order valence-corrected chi connectivity index (χ0v) is 18.9. The molecule has 30 heavy (non-hydrogen) atoms. The number of rotatable bonds is 11. The summed E-state index contributed by atoms with van der Waals surface area (Å²) >= 11 is 7.80. The van der Waals surface area contributed by atoms with Gasteiger partial charge in [0.2, 0.25) is 0 Å². The van der Waals surface area contributed by atoms with Crippen LogP contribution in [0.25, 0.3) is 0 Å². The average molecular weight is 452 g/mol. The van der Waals surface area contributed by atoms with Gasteiger partial charge in [-0.15, -0.1) is 22.9 Å². The van der Waals surface area contributed by atoms with Gasteiger partial charge in [0.25, 0.3) is 0 Å². The second kappa shape index (κ2) is 11.1. The van der Waals surface area contributed by atoms with Crippen molar-refractivity contribution in [1.82, 2.24) is 0 Å². The molecule has 5 nitrogen and oxygen atoms in total. The molecule has 2 heterocycles. The second-order valence-electron chi connectivity index (χ2n) is 7.75. The van der Waals surface area contributed by atoms with Crippen LogP contribution in [0.1, 0.15) is 65.2 Å². The number of unbranched alkanes of at least 4 members (excludes halogenated alkanes) is 2. The van der Waals surface area contributed by atoms with E-state index in [9.17, 15) is 9.90 Å². The molecule has 2 aromatic rings. The van der Waals surface area contributed by atoms with Gasteiger partial charge in [-0.05, 0) is 42.7 Å². The summed E-state index contributed by atoms with van der Waals surface area (Å²) in [6.07, 6.45) is 4.60. The van der Waals surface area contributed by atoms with Gasteiger partial charge < -0.3 is 19.8 Å². The summed E-state index contributed by atoms with van der Waals surface area (Å²) in [5, 5.41) is 19.4. The van der Waals surface area contributed by atoms with Crippen molar-refractivity contribution in [2.45, 2.75) is 63.2 Å². The van der Waals surface area contributed by atoms with Crippen LogP contribution < -0.4 is 4.90 Å². The van der Waals surface area contributed by atoms with E-state index in [0.717, 1.165) is 54.8 Å². The Bertz CT molecular complexity index is 810. The van der Waals surface area contributed by atoms with Gasteiger partial charge in [-0.3, -0.25) is 0 Å². The molecule has 0 spiro atoms. The fourth-order valence-corrected chi connectivity index (χ4v) is 4.91. The number of hydrogen-bond acceptors (Lipinski definition) is 5. The van der Waals surface area contributed by atoms with Gasteiger partial charge >= 0.3 is 5.97 Å². The highest BCUT2D eigenvalue weighted by molar-refractivity contribution is 7.13. The van der Waals surface area contributed by atoms with E-state index < -0.39 is 12.1 Å². The molecule has 0 radical (unpaired) electrons. The van der Waals surface area contributed by atoms with Crippen LogP contribution in [-0.2, 0) is 11.3 Å². The number of nitrogens with zero attached hydrogens (tertiary/aromatic N) is 1. The monoisotopic (exact) mass is 451 g/mol. The Morgan fingerprint density at radius 2 is 2.03 bits per heavy atom. The lowest BCUT2D eigenvalue weighted by molar-refractivity contribution is 0.0702. The van der Waals surface area contributed by atoms with E-state index in [4.69, 9.17) is 21.4 Å². The number of thiophene rings is 1. The topological polar surface area (TPSA) is 70.0 Å². The van der Waals surface area contributed by atoms with E-state index in [1.165, 1.54) is 11.3 Å². The zero-order valence-electron chi connectivity index (χ0n) is 17.3. The van der Waals surface area contributed by atoms with Crippen molar-refractivity contribution in [3.05, 3.63) is 51.7 Å². The smallest absolute Gasteiger partial charge is 0.345 e. The summed E-state index contributed by atoms with van der Waals surface area (Å²) in [7, 11) is 0. The van der Waals surface area contributed by atoms with Crippen LogP contribution in [0.2, 0.25) is 0 Å².